The number of halogens is 3. The quantitative estimate of drug-likeness (QED) is 0.331. The van der Waals surface area contributed by atoms with Gasteiger partial charge in [0.15, 0.2) is 0 Å². The maximum Gasteiger partial charge on any atom is 0.416 e. The van der Waals surface area contributed by atoms with Crippen molar-refractivity contribution in [2.75, 3.05) is 20.1 Å². The highest BCUT2D eigenvalue weighted by Crippen LogP contribution is 2.32. The fraction of sp³-hybridized carbons (Fsp3) is 0.500. The Hall–Kier alpha value is -2.47. The zero-order chi connectivity index (χ0) is 27.9. The van der Waals surface area contributed by atoms with E-state index < -0.39 is 45.2 Å². The van der Waals surface area contributed by atoms with Crippen LogP contribution in [0.25, 0.3) is 0 Å². The third-order valence-corrected chi connectivity index (χ3v) is 7.82. The van der Waals surface area contributed by atoms with Crippen molar-refractivity contribution in [1.29, 1.82) is 0 Å². The number of nitrogens with zero attached hydrogens (tertiary/aromatic N) is 1. The van der Waals surface area contributed by atoms with E-state index in [4.69, 9.17) is 5.11 Å². The lowest BCUT2D eigenvalue weighted by Crippen LogP contribution is -2.46. The predicted molar refractivity (Wildman–Crippen MR) is 135 cm³/mol. The van der Waals surface area contributed by atoms with E-state index in [1.54, 1.807) is 0 Å². The van der Waals surface area contributed by atoms with E-state index >= 15 is 0 Å². The standard InChI is InChI=1S/C26H35F3N2O5S/c1-25(2,13-7-10-19-8-5-4-6-9-19)30-17-22(32)18-31(3)37(35,36)23-15-20(11-12-24(33)34)14-21(16-23)26(27,28)29/h4-6,8-9,14-16,22,30,32H,7,10-13,17-18H2,1-3H3,(H,33,34)/t22-/m1/s1. The van der Waals surface area contributed by atoms with Gasteiger partial charge < -0.3 is 15.5 Å². The molecule has 0 saturated heterocycles. The molecule has 0 radical (unpaired) electrons. The van der Waals surface area contributed by atoms with Crippen molar-refractivity contribution in [2.45, 2.75) is 68.7 Å². The van der Waals surface area contributed by atoms with Crippen molar-refractivity contribution in [1.82, 2.24) is 9.62 Å². The van der Waals surface area contributed by atoms with Gasteiger partial charge in [-0.2, -0.15) is 17.5 Å². The van der Waals surface area contributed by atoms with Crippen LogP contribution in [0.2, 0.25) is 0 Å². The first-order valence-electron chi connectivity index (χ1n) is 12.0. The van der Waals surface area contributed by atoms with Gasteiger partial charge in [0.05, 0.1) is 16.6 Å². The second kappa shape index (κ2) is 12.9. The van der Waals surface area contributed by atoms with Gasteiger partial charge in [0, 0.05) is 32.1 Å². The van der Waals surface area contributed by atoms with Gasteiger partial charge in [-0.15, -0.1) is 0 Å². The highest BCUT2D eigenvalue weighted by molar-refractivity contribution is 7.89. The number of sulfonamides is 1. The molecule has 7 nitrogen and oxygen atoms in total. The molecule has 0 spiro atoms. The number of likely N-dealkylation sites (N-methyl/N-ethyl adjacent to an activating group) is 1. The van der Waals surface area contributed by atoms with Crippen molar-refractivity contribution in [3.05, 3.63) is 65.2 Å². The first-order chi connectivity index (χ1) is 17.1. The van der Waals surface area contributed by atoms with E-state index in [0.29, 0.717) is 6.07 Å². The minimum atomic E-state index is -4.81. The molecule has 3 N–H and O–H groups in total. The van der Waals surface area contributed by atoms with E-state index in [0.717, 1.165) is 35.7 Å². The van der Waals surface area contributed by atoms with Gasteiger partial charge in [0.25, 0.3) is 0 Å². The minimum Gasteiger partial charge on any atom is -0.481 e. The van der Waals surface area contributed by atoms with Gasteiger partial charge in [-0.05, 0) is 68.9 Å². The van der Waals surface area contributed by atoms with E-state index in [2.05, 4.69) is 17.4 Å². The molecule has 37 heavy (non-hydrogen) atoms. The number of benzene rings is 2. The Labute approximate surface area is 216 Å². The second-order valence-electron chi connectivity index (χ2n) is 9.80. The molecule has 206 valence electrons. The Bertz CT molecular complexity index is 1140. The predicted octanol–water partition coefficient (Wildman–Crippen LogP) is 4.10. The third kappa shape index (κ3) is 10.1. The Morgan fingerprint density at radius 3 is 2.30 bits per heavy atom. The normalized spacial score (nSPS) is 13.6. The molecule has 11 heteroatoms. The summed E-state index contributed by atoms with van der Waals surface area (Å²) in [5, 5.41) is 22.5. The fourth-order valence-corrected chi connectivity index (χ4v) is 5.17. The molecule has 2 aromatic rings. The molecule has 0 fully saturated rings. The molecular formula is C26H35F3N2O5S. The first kappa shape index (κ1) is 30.8. The van der Waals surface area contributed by atoms with Crippen LogP contribution in [0.1, 0.15) is 49.8 Å². The number of aryl methyl sites for hydroxylation is 2. The number of hydrogen-bond acceptors (Lipinski definition) is 5. The summed E-state index contributed by atoms with van der Waals surface area (Å²) in [5.41, 5.74) is -0.329. The largest absolute Gasteiger partial charge is 0.481 e. The molecule has 0 aliphatic carbocycles. The van der Waals surface area contributed by atoms with Gasteiger partial charge in [-0.25, -0.2) is 8.42 Å². The number of aliphatic hydroxyl groups is 1. The van der Waals surface area contributed by atoms with Crippen LogP contribution in [0.3, 0.4) is 0 Å². The molecule has 0 saturated carbocycles. The Balaban J connectivity index is 2.01. The van der Waals surface area contributed by atoms with Crippen LogP contribution in [-0.4, -0.2) is 60.7 Å². The number of carboxylic acid groups (broad SMARTS) is 1. The van der Waals surface area contributed by atoms with Crippen LogP contribution < -0.4 is 5.32 Å². The monoisotopic (exact) mass is 544 g/mol. The van der Waals surface area contributed by atoms with Crippen molar-refractivity contribution in [3.63, 3.8) is 0 Å². The number of β-amino-alcohol motifs (C(OH)–C–C–N with tert-alkyl or cyclic N) is 1. The van der Waals surface area contributed by atoms with Gasteiger partial charge in [0.1, 0.15) is 0 Å². The average molecular weight is 545 g/mol. The summed E-state index contributed by atoms with van der Waals surface area (Å²) in [7, 11) is -3.20. The zero-order valence-electron chi connectivity index (χ0n) is 21.3. The molecule has 0 unspecified atom stereocenters. The van der Waals surface area contributed by atoms with Gasteiger partial charge >= 0.3 is 12.1 Å². The summed E-state index contributed by atoms with van der Waals surface area (Å²) in [6, 6.07) is 12.4. The number of carboxylic acids is 1. The average Bonchev–Trinajstić information content (AvgIpc) is 2.81. The lowest BCUT2D eigenvalue weighted by atomic mass is 9.95. The lowest BCUT2D eigenvalue weighted by Gasteiger charge is -2.29. The van der Waals surface area contributed by atoms with Crippen LogP contribution in [0.4, 0.5) is 13.2 Å². The van der Waals surface area contributed by atoms with E-state index in [9.17, 15) is 31.5 Å². The third-order valence-electron chi connectivity index (χ3n) is 6.02. The van der Waals surface area contributed by atoms with E-state index in [1.165, 1.54) is 12.6 Å². The highest BCUT2D eigenvalue weighted by atomic mass is 32.2. The molecule has 2 rings (SSSR count). The molecule has 0 aliphatic heterocycles. The van der Waals surface area contributed by atoms with Crippen molar-refractivity contribution in [3.8, 4) is 0 Å². The maximum atomic E-state index is 13.4. The number of aliphatic hydroxyl groups excluding tert-OH is 1. The Kier molecular flexibility index (Phi) is 10.7. The number of rotatable bonds is 14. The van der Waals surface area contributed by atoms with E-state index in [1.807, 2.05) is 32.0 Å². The lowest BCUT2D eigenvalue weighted by molar-refractivity contribution is -0.138. The number of hydrogen-bond donors (Lipinski definition) is 3. The molecule has 0 aromatic heterocycles. The first-order valence-corrected chi connectivity index (χ1v) is 13.4. The van der Waals surface area contributed by atoms with Crippen LogP contribution >= 0.6 is 0 Å². The van der Waals surface area contributed by atoms with Crippen molar-refractivity contribution in [2.24, 2.45) is 0 Å². The van der Waals surface area contributed by atoms with Crippen LogP contribution in [0.15, 0.2) is 53.4 Å². The second-order valence-corrected chi connectivity index (χ2v) is 11.8. The van der Waals surface area contributed by atoms with Crippen LogP contribution in [0, 0.1) is 0 Å². The summed E-state index contributed by atoms with van der Waals surface area (Å²) in [5.74, 6) is -1.21. The number of nitrogens with one attached hydrogen (secondary N) is 1. The summed E-state index contributed by atoms with van der Waals surface area (Å²) < 4.78 is 67.0. The maximum absolute atomic E-state index is 13.4. The molecule has 0 amide bonds. The molecular weight excluding hydrogens is 509 g/mol. The number of carbonyl (C=O) groups is 1. The molecule has 0 bridgehead atoms. The van der Waals surface area contributed by atoms with Gasteiger partial charge in [0.2, 0.25) is 10.0 Å². The van der Waals surface area contributed by atoms with Crippen molar-refractivity contribution >= 4 is 16.0 Å². The topological polar surface area (TPSA) is 107 Å². The zero-order valence-corrected chi connectivity index (χ0v) is 22.1. The summed E-state index contributed by atoms with van der Waals surface area (Å²) in [6.45, 7) is 3.71. The molecule has 0 aliphatic rings. The van der Waals surface area contributed by atoms with Crippen molar-refractivity contribution < 1.29 is 36.6 Å². The van der Waals surface area contributed by atoms with Gasteiger partial charge in [-0.3, -0.25) is 4.79 Å². The Morgan fingerprint density at radius 1 is 1.05 bits per heavy atom. The minimum absolute atomic E-state index is 0.0522. The Morgan fingerprint density at radius 2 is 1.70 bits per heavy atom. The number of aliphatic carboxylic acids is 1. The summed E-state index contributed by atoms with van der Waals surface area (Å²) >= 11 is 0. The highest BCUT2D eigenvalue weighted by Gasteiger charge is 2.34. The molecule has 2 aromatic carbocycles. The number of alkyl halides is 3. The van der Waals surface area contributed by atoms with Gasteiger partial charge in [-0.1, -0.05) is 30.3 Å². The van der Waals surface area contributed by atoms with Crippen LogP contribution in [0.5, 0.6) is 0 Å². The SMILES string of the molecule is CN(C[C@H](O)CNC(C)(C)CCCc1ccccc1)S(=O)(=O)c1cc(CCC(=O)O)cc(C(F)(F)F)c1. The summed E-state index contributed by atoms with van der Waals surface area (Å²) in [6.07, 6.45) is -3.98. The van der Waals surface area contributed by atoms with E-state index in [-0.39, 0.29) is 30.6 Å². The molecule has 0 heterocycles. The molecule has 1 atom stereocenters. The summed E-state index contributed by atoms with van der Waals surface area (Å²) in [4.78, 5) is 10.2. The smallest absolute Gasteiger partial charge is 0.416 e. The fourth-order valence-electron chi connectivity index (χ4n) is 3.87. The van der Waals surface area contributed by atoms with Crippen LogP contribution in [-0.2, 0) is 33.8 Å².